The van der Waals surface area contributed by atoms with Crippen LogP contribution in [0.25, 0.3) is 11.0 Å². The van der Waals surface area contributed by atoms with Crippen molar-refractivity contribution in [3.05, 3.63) is 58.6 Å². The number of pyridine rings is 1. The summed E-state index contributed by atoms with van der Waals surface area (Å²) >= 11 is 9.53. The molecule has 0 aliphatic carbocycles. The van der Waals surface area contributed by atoms with Gasteiger partial charge in [0.25, 0.3) is 0 Å². The second-order valence-electron chi connectivity index (χ2n) is 4.60. The van der Waals surface area contributed by atoms with E-state index in [-0.39, 0.29) is 6.04 Å². The van der Waals surface area contributed by atoms with E-state index in [1.807, 2.05) is 36.5 Å². The van der Waals surface area contributed by atoms with Gasteiger partial charge in [0.15, 0.2) is 0 Å². The molecule has 20 heavy (non-hydrogen) atoms. The summed E-state index contributed by atoms with van der Waals surface area (Å²) in [7, 11) is 0. The fourth-order valence-electron chi connectivity index (χ4n) is 2.40. The van der Waals surface area contributed by atoms with E-state index in [1.165, 1.54) is 0 Å². The number of alkyl halides is 1. The average molecular weight is 351 g/mol. The monoisotopic (exact) mass is 349 g/mol. The van der Waals surface area contributed by atoms with Gasteiger partial charge in [-0.05, 0) is 37.3 Å². The molecule has 3 rings (SSSR count). The molecule has 0 saturated heterocycles. The molecule has 5 heteroatoms. The quantitative estimate of drug-likeness (QED) is 0.649. The SMILES string of the molecule is CC(c1ccccn1)n1c(CCl)nc2cc(Br)ccc21. The van der Waals surface area contributed by atoms with Crippen molar-refractivity contribution in [2.45, 2.75) is 18.8 Å². The molecule has 0 saturated carbocycles. The van der Waals surface area contributed by atoms with Crippen LogP contribution in [0.5, 0.6) is 0 Å². The predicted molar refractivity (Wildman–Crippen MR) is 85.0 cm³/mol. The maximum absolute atomic E-state index is 6.06. The van der Waals surface area contributed by atoms with E-state index >= 15 is 0 Å². The highest BCUT2D eigenvalue weighted by molar-refractivity contribution is 9.10. The van der Waals surface area contributed by atoms with Crippen LogP contribution in [-0.2, 0) is 5.88 Å². The summed E-state index contributed by atoms with van der Waals surface area (Å²) in [5, 5.41) is 0. The van der Waals surface area contributed by atoms with Crippen molar-refractivity contribution in [1.29, 1.82) is 0 Å². The van der Waals surface area contributed by atoms with E-state index in [4.69, 9.17) is 11.6 Å². The lowest BCUT2D eigenvalue weighted by Crippen LogP contribution is -2.11. The number of rotatable bonds is 3. The van der Waals surface area contributed by atoms with Crippen LogP contribution in [0.4, 0.5) is 0 Å². The zero-order valence-corrected chi connectivity index (χ0v) is 13.3. The molecule has 3 nitrogen and oxygen atoms in total. The van der Waals surface area contributed by atoms with Crippen molar-refractivity contribution >= 4 is 38.6 Å². The van der Waals surface area contributed by atoms with Gasteiger partial charge in [0.05, 0.1) is 28.6 Å². The highest BCUT2D eigenvalue weighted by Gasteiger charge is 2.17. The van der Waals surface area contributed by atoms with Crippen LogP contribution in [0, 0.1) is 0 Å². The number of benzene rings is 1. The first kappa shape index (κ1) is 13.6. The highest BCUT2D eigenvalue weighted by Crippen LogP contribution is 2.27. The van der Waals surface area contributed by atoms with Crippen LogP contribution >= 0.6 is 27.5 Å². The first-order valence-electron chi connectivity index (χ1n) is 6.34. The van der Waals surface area contributed by atoms with Gasteiger partial charge in [0.2, 0.25) is 0 Å². The Balaban J connectivity index is 2.19. The predicted octanol–water partition coefficient (Wildman–Crippen LogP) is 4.54. The summed E-state index contributed by atoms with van der Waals surface area (Å²) in [5.41, 5.74) is 3.01. The maximum Gasteiger partial charge on any atom is 0.125 e. The number of fused-ring (bicyclic) bond motifs is 1. The van der Waals surface area contributed by atoms with E-state index in [1.54, 1.807) is 0 Å². The van der Waals surface area contributed by atoms with Gasteiger partial charge in [-0.15, -0.1) is 11.6 Å². The van der Waals surface area contributed by atoms with Gasteiger partial charge in [-0.2, -0.15) is 0 Å². The molecule has 0 N–H and O–H groups in total. The van der Waals surface area contributed by atoms with Crippen LogP contribution in [0.1, 0.15) is 24.5 Å². The molecule has 2 aromatic heterocycles. The first-order chi connectivity index (χ1) is 9.70. The van der Waals surface area contributed by atoms with Crippen molar-refractivity contribution in [3.8, 4) is 0 Å². The van der Waals surface area contributed by atoms with Gasteiger partial charge < -0.3 is 4.57 Å². The van der Waals surface area contributed by atoms with Gasteiger partial charge in [-0.3, -0.25) is 4.98 Å². The van der Waals surface area contributed by atoms with Crippen molar-refractivity contribution in [2.75, 3.05) is 0 Å². The number of nitrogens with zero attached hydrogens (tertiary/aromatic N) is 3. The maximum atomic E-state index is 6.06. The molecular formula is C15H13BrClN3. The minimum absolute atomic E-state index is 0.0936. The van der Waals surface area contributed by atoms with E-state index in [0.29, 0.717) is 5.88 Å². The van der Waals surface area contributed by atoms with Gasteiger partial charge in [-0.25, -0.2) is 4.98 Å². The Hall–Kier alpha value is -1.39. The fraction of sp³-hybridized carbons (Fsp3) is 0.200. The molecule has 2 heterocycles. The first-order valence-corrected chi connectivity index (χ1v) is 7.66. The van der Waals surface area contributed by atoms with Crippen molar-refractivity contribution in [3.63, 3.8) is 0 Å². The zero-order chi connectivity index (χ0) is 14.1. The third-order valence-electron chi connectivity index (χ3n) is 3.35. The third-order valence-corrected chi connectivity index (χ3v) is 4.08. The Labute approximate surface area is 130 Å². The van der Waals surface area contributed by atoms with E-state index < -0.39 is 0 Å². The van der Waals surface area contributed by atoms with Crippen LogP contribution in [0.2, 0.25) is 0 Å². The van der Waals surface area contributed by atoms with Crippen LogP contribution in [-0.4, -0.2) is 14.5 Å². The van der Waals surface area contributed by atoms with E-state index in [0.717, 1.165) is 27.0 Å². The summed E-state index contributed by atoms with van der Waals surface area (Å²) in [6, 6.07) is 12.1. The van der Waals surface area contributed by atoms with Crippen LogP contribution < -0.4 is 0 Å². The number of hydrogen-bond acceptors (Lipinski definition) is 2. The van der Waals surface area contributed by atoms with Crippen molar-refractivity contribution in [2.24, 2.45) is 0 Å². The molecule has 102 valence electrons. The Morgan fingerprint density at radius 3 is 2.85 bits per heavy atom. The summed E-state index contributed by atoms with van der Waals surface area (Å²) in [5.74, 6) is 1.24. The topological polar surface area (TPSA) is 30.7 Å². The second kappa shape index (κ2) is 5.54. The minimum atomic E-state index is 0.0936. The van der Waals surface area contributed by atoms with Crippen LogP contribution in [0.15, 0.2) is 47.1 Å². The third kappa shape index (κ3) is 2.34. The molecule has 1 aromatic carbocycles. The second-order valence-corrected chi connectivity index (χ2v) is 5.78. The standard InChI is InChI=1S/C15H13BrClN3/c1-10(12-4-2-3-7-18-12)20-14-6-5-11(16)8-13(14)19-15(20)9-17/h2-8,10H,9H2,1H3. The number of halogens is 2. The summed E-state index contributed by atoms with van der Waals surface area (Å²) < 4.78 is 3.16. The number of imidazole rings is 1. The number of hydrogen-bond donors (Lipinski definition) is 0. The summed E-state index contributed by atoms with van der Waals surface area (Å²) in [6.45, 7) is 2.11. The minimum Gasteiger partial charge on any atom is -0.318 e. The molecular weight excluding hydrogens is 338 g/mol. The van der Waals surface area contributed by atoms with Crippen molar-refractivity contribution in [1.82, 2.24) is 14.5 Å². The Morgan fingerprint density at radius 1 is 1.30 bits per heavy atom. The highest BCUT2D eigenvalue weighted by atomic mass is 79.9. The lowest BCUT2D eigenvalue weighted by molar-refractivity contribution is 0.616. The normalized spacial score (nSPS) is 12.8. The van der Waals surface area contributed by atoms with Crippen molar-refractivity contribution < 1.29 is 0 Å². The van der Waals surface area contributed by atoms with E-state index in [9.17, 15) is 0 Å². The van der Waals surface area contributed by atoms with Gasteiger partial charge in [-0.1, -0.05) is 22.0 Å². The fourth-order valence-corrected chi connectivity index (χ4v) is 2.94. The molecule has 0 spiro atoms. The Bertz CT molecular complexity index is 739. The smallest absolute Gasteiger partial charge is 0.125 e. The lowest BCUT2D eigenvalue weighted by Gasteiger charge is -2.16. The molecule has 3 aromatic rings. The van der Waals surface area contributed by atoms with Crippen LogP contribution in [0.3, 0.4) is 0 Å². The Morgan fingerprint density at radius 2 is 2.15 bits per heavy atom. The zero-order valence-electron chi connectivity index (χ0n) is 10.9. The van der Waals surface area contributed by atoms with E-state index in [2.05, 4.69) is 43.5 Å². The molecule has 0 radical (unpaired) electrons. The lowest BCUT2D eigenvalue weighted by atomic mass is 10.2. The van der Waals surface area contributed by atoms with Gasteiger partial charge >= 0.3 is 0 Å². The number of aromatic nitrogens is 3. The van der Waals surface area contributed by atoms with Gasteiger partial charge in [0, 0.05) is 10.7 Å². The molecule has 1 atom stereocenters. The summed E-state index contributed by atoms with van der Waals surface area (Å²) in [4.78, 5) is 9.05. The molecule has 0 aliphatic rings. The molecule has 0 fully saturated rings. The largest absolute Gasteiger partial charge is 0.318 e. The summed E-state index contributed by atoms with van der Waals surface area (Å²) in [6.07, 6.45) is 1.81. The Kier molecular flexibility index (Phi) is 3.76. The molecule has 0 aliphatic heterocycles. The average Bonchev–Trinajstić information content (AvgIpc) is 2.84. The molecule has 0 bridgehead atoms. The molecule has 0 amide bonds. The molecule has 1 unspecified atom stereocenters. The van der Waals surface area contributed by atoms with Gasteiger partial charge in [0.1, 0.15) is 5.82 Å².